The van der Waals surface area contributed by atoms with Crippen LogP contribution in [-0.2, 0) is 14.3 Å². The van der Waals surface area contributed by atoms with Crippen molar-refractivity contribution in [3.05, 3.63) is 41.3 Å². The molecule has 3 N–H and O–H groups in total. The summed E-state index contributed by atoms with van der Waals surface area (Å²) in [4.78, 5) is 13.9. The van der Waals surface area contributed by atoms with Gasteiger partial charge in [-0.3, -0.25) is 0 Å². The Hall–Kier alpha value is -3.03. The molecule has 0 atom stereocenters. The highest BCUT2D eigenvalue weighted by Crippen LogP contribution is 2.11. The second-order valence-electron chi connectivity index (χ2n) is 5.05. The molecule has 0 saturated carbocycles. The fourth-order valence-electron chi connectivity index (χ4n) is 1.78. The topological polar surface area (TPSA) is 110 Å². The van der Waals surface area contributed by atoms with Crippen LogP contribution in [0.5, 0.6) is 0 Å². The van der Waals surface area contributed by atoms with Crippen molar-refractivity contribution in [3.8, 4) is 0 Å². The van der Waals surface area contributed by atoms with Gasteiger partial charge in [0.1, 0.15) is 0 Å². The number of hydrogen-bond acceptors (Lipinski definition) is 7. The number of hydrogen-bond donors (Lipinski definition) is 2. The quantitative estimate of drug-likeness (QED) is 0.185. The smallest absolute Gasteiger partial charge is 0.349 e. The number of rotatable bonds is 8. The van der Waals surface area contributed by atoms with Crippen LogP contribution in [0.2, 0.25) is 0 Å². The Balaban J connectivity index is 2.98. The van der Waals surface area contributed by atoms with Gasteiger partial charge in [0.05, 0.1) is 19.4 Å². The Kier molecular flexibility index (Phi) is 7.98. The fraction of sp³-hybridized carbons (Fsp3) is 0.353. The predicted molar refractivity (Wildman–Crippen MR) is 97.9 cm³/mol. The molecule has 1 aromatic carbocycles. The van der Waals surface area contributed by atoms with Crippen molar-refractivity contribution in [3.63, 3.8) is 0 Å². The van der Waals surface area contributed by atoms with Gasteiger partial charge in [-0.15, -0.1) is 5.10 Å². The Morgan fingerprint density at radius 2 is 1.80 bits per heavy atom. The summed E-state index contributed by atoms with van der Waals surface area (Å²) in [7, 11) is 3.89. The number of amidine groups is 1. The number of nitrogens with zero attached hydrogens (tertiary/aromatic N) is 3. The summed E-state index contributed by atoms with van der Waals surface area (Å²) in [6.07, 6.45) is 1.48. The second kappa shape index (κ2) is 9.96. The maximum Gasteiger partial charge on any atom is 0.349 e. The van der Waals surface area contributed by atoms with Crippen molar-refractivity contribution < 1.29 is 19.4 Å². The maximum atomic E-state index is 11.9. The Morgan fingerprint density at radius 1 is 1.20 bits per heavy atom. The molecule has 0 saturated heterocycles. The molecule has 0 aliphatic rings. The van der Waals surface area contributed by atoms with E-state index < -0.39 is 11.9 Å². The minimum atomic E-state index is -0.833. The van der Waals surface area contributed by atoms with Gasteiger partial charge >= 0.3 is 5.97 Å². The number of carbonyl (C=O) groups is 1. The molecule has 8 nitrogen and oxygen atoms in total. The molecule has 0 aliphatic carbocycles. The lowest BCUT2D eigenvalue weighted by Crippen LogP contribution is -2.25. The van der Waals surface area contributed by atoms with Crippen LogP contribution >= 0.6 is 0 Å². The first-order chi connectivity index (χ1) is 11.9. The number of anilines is 1. The molecule has 136 valence electrons. The Bertz CT molecular complexity index is 664. The normalized spacial score (nSPS) is 12.7. The number of ether oxygens (including phenoxy) is 2. The van der Waals surface area contributed by atoms with Crippen LogP contribution in [0.15, 0.2) is 46.0 Å². The molecular formula is C17H24N4O4. The van der Waals surface area contributed by atoms with Gasteiger partial charge in [-0.25, -0.2) is 4.79 Å². The predicted octanol–water partition coefficient (Wildman–Crippen LogP) is 1.81. The lowest BCUT2D eigenvalue weighted by atomic mass is 10.2. The van der Waals surface area contributed by atoms with Crippen molar-refractivity contribution >= 4 is 23.7 Å². The SMILES string of the molecule is CCOC(=O)C(=C(/O)OCC)/C(N)=N\N=C/c1ccc(N(C)C)cc1. The van der Waals surface area contributed by atoms with Crippen molar-refractivity contribution in [2.75, 3.05) is 32.2 Å². The highest BCUT2D eigenvalue weighted by Gasteiger charge is 2.22. The molecule has 0 fully saturated rings. The van der Waals surface area contributed by atoms with Crippen LogP contribution < -0.4 is 10.6 Å². The summed E-state index contributed by atoms with van der Waals surface area (Å²) in [6.45, 7) is 3.57. The van der Waals surface area contributed by atoms with Crippen LogP contribution in [0, 0.1) is 0 Å². The van der Waals surface area contributed by atoms with E-state index in [4.69, 9.17) is 15.2 Å². The highest BCUT2D eigenvalue weighted by atomic mass is 16.6. The molecule has 0 bridgehead atoms. The number of carbonyl (C=O) groups excluding carboxylic acids is 1. The minimum Gasteiger partial charge on any atom is -0.480 e. The first-order valence-electron chi connectivity index (χ1n) is 7.78. The van der Waals surface area contributed by atoms with Crippen LogP contribution in [0.25, 0.3) is 0 Å². The van der Waals surface area contributed by atoms with E-state index in [9.17, 15) is 9.90 Å². The van der Waals surface area contributed by atoms with E-state index in [1.54, 1.807) is 13.8 Å². The van der Waals surface area contributed by atoms with E-state index in [0.29, 0.717) is 0 Å². The molecule has 0 aromatic heterocycles. The number of aliphatic hydroxyl groups excluding tert-OH is 1. The molecule has 0 aliphatic heterocycles. The molecule has 8 heteroatoms. The van der Waals surface area contributed by atoms with E-state index in [0.717, 1.165) is 11.3 Å². The van der Waals surface area contributed by atoms with Gasteiger partial charge in [-0.05, 0) is 31.5 Å². The summed E-state index contributed by atoms with van der Waals surface area (Å²) >= 11 is 0. The van der Waals surface area contributed by atoms with Crippen molar-refractivity contribution in [2.45, 2.75) is 13.8 Å². The van der Waals surface area contributed by atoms with E-state index in [-0.39, 0.29) is 24.6 Å². The standard InChI is InChI=1S/C17H24N4O4/c1-5-24-16(22)14(17(23)25-6-2)15(18)20-19-11-12-7-9-13(10-8-12)21(3)4/h7-11,22H,5-6H2,1-4H3,(H2,18,20)/b16-14-,19-11-. The lowest BCUT2D eigenvalue weighted by Gasteiger charge is -2.11. The van der Waals surface area contributed by atoms with Gasteiger partial charge in [0.15, 0.2) is 11.4 Å². The lowest BCUT2D eigenvalue weighted by molar-refractivity contribution is -0.138. The molecule has 0 spiro atoms. The van der Waals surface area contributed by atoms with Gasteiger partial charge in [-0.2, -0.15) is 5.10 Å². The van der Waals surface area contributed by atoms with E-state index >= 15 is 0 Å². The zero-order chi connectivity index (χ0) is 18.8. The largest absolute Gasteiger partial charge is 0.480 e. The third-order valence-electron chi connectivity index (χ3n) is 3.01. The summed E-state index contributed by atoms with van der Waals surface area (Å²) in [5, 5.41) is 17.4. The van der Waals surface area contributed by atoms with Crippen LogP contribution in [-0.4, -0.2) is 50.4 Å². The number of benzene rings is 1. The Labute approximate surface area is 147 Å². The highest BCUT2D eigenvalue weighted by molar-refractivity contribution is 6.18. The molecule has 0 unspecified atom stereocenters. The van der Waals surface area contributed by atoms with Gasteiger partial charge in [-0.1, -0.05) is 12.1 Å². The van der Waals surface area contributed by atoms with E-state index in [2.05, 4.69) is 10.2 Å². The summed E-state index contributed by atoms with van der Waals surface area (Å²) in [6, 6.07) is 7.59. The van der Waals surface area contributed by atoms with Crippen molar-refractivity contribution in [1.82, 2.24) is 0 Å². The average molecular weight is 348 g/mol. The molecule has 0 amide bonds. The van der Waals surface area contributed by atoms with Crippen molar-refractivity contribution in [2.24, 2.45) is 15.9 Å². The molecule has 0 radical (unpaired) electrons. The van der Waals surface area contributed by atoms with Crippen LogP contribution in [0.4, 0.5) is 5.69 Å². The minimum absolute atomic E-state index is 0.122. The molecule has 1 aromatic rings. The summed E-state index contributed by atoms with van der Waals surface area (Å²) in [5.41, 5.74) is 7.24. The van der Waals surface area contributed by atoms with Crippen LogP contribution in [0.1, 0.15) is 19.4 Å². The first kappa shape index (κ1) is 20.0. The average Bonchev–Trinajstić information content (AvgIpc) is 2.56. The van der Waals surface area contributed by atoms with Crippen molar-refractivity contribution in [1.29, 1.82) is 0 Å². The second-order valence-corrected chi connectivity index (χ2v) is 5.05. The van der Waals surface area contributed by atoms with Gasteiger partial charge in [0, 0.05) is 19.8 Å². The number of nitrogens with two attached hydrogens (primary N) is 1. The summed E-state index contributed by atoms with van der Waals surface area (Å²) < 4.78 is 9.75. The Morgan fingerprint density at radius 3 is 2.32 bits per heavy atom. The molecule has 0 heterocycles. The molecular weight excluding hydrogens is 324 g/mol. The zero-order valence-electron chi connectivity index (χ0n) is 14.9. The molecule has 25 heavy (non-hydrogen) atoms. The number of aliphatic hydroxyl groups is 1. The fourth-order valence-corrected chi connectivity index (χ4v) is 1.78. The van der Waals surface area contributed by atoms with Crippen LogP contribution in [0.3, 0.4) is 0 Å². The zero-order valence-corrected chi connectivity index (χ0v) is 14.9. The number of esters is 1. The maximum absolute atomic E-state index is 11.9. The van der Waals surface area contributed by atoms with Gasteiger partial charge < -0.3 is 25.2 Å². The first-order valence-corrected chi connectivity index (χ1v) is 7.78. The van der Waals surface area contributed by atoms with E-state index in [1.807, 2.05) is 43.3 Å². The summed E-state index contributed by atoms with van der Waals surface area (Å²) in [5.74, 6) is -1.78. The van der Waals surface area contributed by atoms with Gasteiger partial charge in [0.2, 0.25) is 0 Å². The molecule has 1 rings (SSSR count). The monoisotopic (exact) mass is 348 g/mol. The third-order valence-corrected chi connectivity index (χ3v) is 3.01. The third kappa shape index (κ3) is 6.17. The van der Waals surface area contributed by atoms with Gasteiger partial charge in [0.25, 0.3) is 5.95 Å². The van der Waals surface area contributed by atoms with E-state index in [1.165, 1.54) is 6.21 Å².